The van der Waals surface area contributed by atoms with Crippen molar-refractivity contribution in [3.63, 3.8) is 0 Å². The molecule has 7 heteroatoms. The van der Waals surface area contributed by atoms with Crippen LogP contribution in [0.25, 0.3) is 27.5 Å². The van der Waals surface area contributed by atoms with E-state index >= 15 is 0 Å². The molecule has 0 aliphatic carbocycles. The predicted molar refractivity (Wildman–Crippen MR) is 104 cm³/mol. The molecule has 0 bridgehead atoms. The van der Waals surface area contributed by atoms with Gasteiger partial charge in [0.25, 0.3) is 0 Å². The Balaban J connectivity index is 1.75. The van der Waals surface area contributed by atoms with Crippen LogP contribution in [0, 0.1) is 24.1 Å². The van der Waals surface area contributed by atoms with E-state index in [1.54, 1.807) is 23.5 Å². The molecule has 0 fully saturated rings. The molecule has 1 aliphatic heterocycles. The summed E-state index contributed by atoms with van der Waals surface area (Å²) in [5, 5.41) is 9.42. The maximum atomic E-state index is 13.3. The third-order valence-electron chi connectivity index (χ3n) is 4.75. The quantitative estimate of drug-likeness (QED) is 0.495. The maximum absolute atomic E-state index is 13.3. The molecule has 0 saturated carbocycles. The van der Waals surface area contributed by atoms with Crippen LogP contribution >= 0.6 is 11.3 Å². The summed E-state index contributed by atoms with van der Waals surface area (Å²) in [6, 6.07) is 14.3. The van der Waals surface area contributed by atoms with E-state index in [1.165, 1.54) is 12.1 Å². The summed E-state index contributed by atoms with van der Waals surface area (Å²) in [6.45, 7) is 2.25. The van der Waals surface area contributed by atoms with Crippen LogP contribution < -0.4 is 9.47 Å². The van der Waals surface area contributed by atoms with Gasteiger partial charge in [0.2, 0.25) is 6.79 Å². The molecular weight excluding hydrogens is 377 g/mol. The van der Waals surface area contributed by atoms with Crippen molar-refractivity contribution in [2.45, 2.75) is 13.3 Å². The van der Waals surface area contributed by atoms with Gasteiger partial charge in [-0.15, -0.1) is 11.3 Å². The number of rotatable bonds is 3. The Hall–Kier alpha value is -3.37. The third-order valence-corrected chi connectivity index (χ3v) is 5.71. The smallest absolute Gasteiger partial charge is 0.231 e. The van der Waals surface area contributed by atoms with Crippen LogP contribution in [0.3, 0.4) is 0 Å². The molecule has 28 heavy (non-hydrogen) atoms. The molecule has 0 N–H and O–H groups in total. The highest BCUT2D eigenvalue weighted by molar-refractivity contribution is 7.17. The summed E-state index contributed by atoms with van der Waals surface area (Å²) in [4.78, 5) is 6.65. The van der Waals surface area contributed by atoms with Crippen molar-refractivity contribution in [2.24, 2.45) is 0 Å². The zero-order chi connectivity index (χ0) is 19.3. The molecule has 138 valence electrons. The Kier molecular flexibility index (Phi) is 3.81. The number of halogens is 1. The monoisotopic (exact) mass is 391 g/mol. The molecule has 3 heterocycles. The van der Waals surface area contributed by atoms with Crippen LogP contribution in [0.2, 0.25) is 0 Å². The van der Waals surface area contributed by atoms with E-state index in [4.69, 9.17) is 14.5 Å². The molecule has 2 aromatic heterocycles. The number of nitriles is 1. The summed E-state index contributed by atoms with van der Waals surface area (Å²) in [7, 11) is 0. The molecule has 0 atom stereocenters. The molecule has 5 rings (SSSR count). The van der Waals surface area contributed by atoms with Gasteiger partial charge in [0.1, 0.15) is 5.82 Å². The second kappa shape index (κ2) is 6.36. The van der Waals surface area contributed by atoms with Crippen molar-refractivity contribution in [2.75, 3.05) is 6.79 Å². The molecule has 0 saturated heterocycles. The van der Waals surface area contributed by atoms with Crippen LogP contribution in [0.15, 0.2) is 42.5 Å². The number of hydrogen-bond donors (Lipinski definition) is 0. The van der Waals surface area contributed by atoms with Crippen LogP contribution in [0.5, 0.6) is 11.5 Å². The number of benzene rings is 2. The van der Waals surface area contributed by atoms with Crippen molar-refractivity contribution >= 4 is 16.3 Å². The van der Waals surface area contributed by atoms with E-state index in [0.717, 1.165) is 38.1 Å². The molecule has 2 aromatic carbocycles. The van der Waals surface area contributed by atoms with E-state index in [1.807, 2.05) is 29.5 Å². The van der Waals surface area contributed by atoms with Crippen molar-refractivity contribution in [1.29, 1.82) is 5.26 Å². The number of imidazole rings is 1. The van der Waals surface area contributed by atoms with Gasteiger partial charge in [-0.05, 0) is 49.4 Å². The van der Waals surface area contributed by atoms with Gasteiger partial charge in [-0.25, -0.2) is 9.37 Å². The van der Waals surface area contributed by atoms with E-state index in [-0.39, 0.29) is 19.0 Å². The molecule has 4 aromatic rings. The summed E-state index contributed by atoms with van der Waals surface area (Å²) < 4.78 is 26.3. The molecule has 0 spiro atoms. The first-order valence-electron chi connectivity index (χ1n) is 8.69. The van der Waals surface area contributed by atoms with Gasteiger partial charge in [-0.3, -0.25) is 4.40 Å². The Labute approximate surface area is 164 Å². The lowest BCUT2D eigenvalue weighted by molar-refractivity contribution is 0.174. The van der Waals surface area contributed by atoms with Crippen molar-refractivity contribution < 1.29 is 13.9 Å². The summed E-state index contributed by atoms with van der Waals surface area (Å²) >= 11 is 1.56. The van der Waals surface area contributed by atoms with E-state index in [0.29, 0.717) is 11.4 Å². The number of thiazole rings is 1. The third kappa shape index (κ3) is 2.53. The van der Waals surface area contributed by atoms with Gasteiger partial charge in [0.05, 0.1) is 29.6 Å². The number of nitrogens with zero attached hydrogens (tertiary/aromatic N) is 3. The molecule has 5 nitrogen and oxygen atoms in total. The van der Waals surface area contributed by atoms with Crippen molar-refractivity contribution in [1.82, 2.24) is 9.38 Å². The van der Waals surface area contributed by atoms with Crippen molar-refractivity contribution in [3.05, 3.63) is 58.9 Å². The van der Waals surface area contributed by atoms with E-state index < -0.39 is 0 Å². The first-order chi connectivity index (χ1) is 13.7. The average molecular weight is 391 g/mol. The van der Waals surface area contributed by atoms with Crippen LogP contribution in [-0.4, -0.2) is 16.2 Å². The zero-order valence-corrected chi connectivity index (χ0v) is 15.7. The fourth-order valence-electron chi connectivity index (χ4n) is 3.53. The average Bonchev–Trinajstić information content (AvgIpc) is 3.36. The fourth-order valence-corrected chi connectivity index (χ4v) is 4.54. The number of aryl methyl sites for hydroxylation is 1. The van der Waals surface area contributed by atoms with Crippen LogP contribution in [-0.2, 0) is 6.42 Å². The Morgan fingerprint density at radius 3 is 2.68 bits per heavy atom. The highest BCUT2D eigenvalue weighted by Gasteiger charge is 2.23. The normalized spacial score (nSPS) is 12.5. The minimum Gasteiger partial charge on any atom is -0.454 e. The summed E-state index contributed by atoms with van der Waals surface area (Å²) in [5.41, 5.74) is 4.23. The Morgan fingerprint density at radius 2 is 1.89 bits per heavy atom. The molecule has 0 radical (unpaired) electrons. The van der Waals surface area contributed by atoms with Gasteiger partial charge in [0.15, 0.2) is 16.5 Å². The zero-order valence-electron chi connectivity index (χ0n) is 14.9. The maximum Gasteiger partial charge on any atom is 0.231 e. The highest BCUT2D eigenvalue weighted by Crippen LogP contribution is 2.40. The van der Waals surface area contributed by atoms with Gasteiger partial charge >= 0.3 is 0 Å². The lowest BCUT2D eigenvalue weighted by atomic mass is 10.1. The van der Waals surface area contributed by atoms with Crippen LogP contribution in [0.1, 0.15) is 10.6 Å². The van der Waals surface area contributed by atoms with Crippen LogP contribution in [0.4, 0.5) is 4.39 Å². The Bertz CT molecular complexity index is 1250. The van der Waals surface area contributed by atoms with Crippen molar-refractivity contribution in [3.8, 4) is 40.1 Å². The largest absolute Gasteiger partial charge is 0.454 e. The number of fused-ring (bicyclic) bond motifs is 2. The lowest BCUT2D eigenvalue weighted by Crippen LogP contribution is -1.96. The highest BCUT2D eigenvalue weighted by atomic mass is 32.1. The number of hydrogen-bond acceptors (Lipinski definition) is 5. The molecule has 1 aliphatic rings. The van der Waals surface area contributed by atoms with Gasteiger partial charge in [-0.1, -0.05) is 0 Å². The minimum atomic E-state index is -0.302. The van der Waals surface area contributed by atoms with Gasteiger partial charge in [-0.2, -0.15) is 5.26 Å². The van der Waals surface area contributed by atoms with E-state index in [9.17, 15) is 9.65 Å². The second-order valence-electron chi connectivity index (χ2n) is 6.44. The fraction of sp³-hybridized carbons (Fsp3) is 0.143. The number of aromatic nitrogens is 2. The number of ether oxygens (including phenoxy) is 2. The SMILES string of the molecule is Cc1sc2nc(-c3ccc(F)cc3)c(CC#N)n2c1-c1ccc2c(c1)OCO2. The lowest BCUT2D eigenvalue weighted by Gasteiger charge is -2.07. The van der Waals surface area contributed by atoms with Gasteiger partial charge in [0, 0.05) is 16.0 Å². The Morgan fingerprint density at radius 1 is 1.14 bits per heavy atom. The summed E-state index contributed by atoms with van der Waals surface area (Å²) in [6.07, 6.45) is 0.196. The standard InChI is InChI=1S/C21H14FN3O2S/c1-12-20(14-4-7-17-18(10-14)27-11-26-17)25-16(8-9-23)19(24-21(25)28-12)13-2-5-15(22)6-3-13/h2-7,10H,8,11H2,1H3. The van der Waals surface area contributed by atoms with E-state index in [2.05, 4.69) is 6.07 Å². The minimum absolute atomic E-state index is 0.196. The molecule has 0 unspecified atom stereocenters. The molecular formula is C21H14FN3O2S. The first-order valence-corrected chi connectivity index (χ1v) is 9.51. The first kappa shape index (κ1) is 16.8. The predicted octanol–water partition coefficient (Wildman–Crippen LogP) is 4.97. The van der Waals surface area contributed by atoms with Gasteiger partial charge < -0.3 is 9.47 Å². The molecule has 0 amide bonds. The summed E-state index contributed by atoms with van der Waals surface area (Å²) in [5.74, 6) is 1.13. The second-order valence-corrected chi connectivity index (χ2v) is 7.62. The topological polar surface area (TPSA) is 59.6 Å².